The predicted octanol–water partition coefficient (Wildman–Crippen LogP) is 2.60. The number of nitrogens with zero attached hydrogens (tertiary/aromatic N) is 1. The molecule has 0 unspecified atom stereocenters. The Balaban J connectivity index is 2.82. The van der Waals surface area contributed by atoms with Gasteiger partial charge >= 0.3 is 0 Å². The van der Waals surface area contributed by atoms with Gasteiger partial charge in [-0.3, -0.25) is 4.79 Å². The van der Waals surface area contributed by atoms with Gasteiger partial charge in [0.05, 0.1) is 12.2 Å². The van der Waals surface area contributed by atoms with Crippen LogP contribution in [0.5, 0.6) is 0 Å². The van der Waals surface area contributed by atoms with Gasteiger partial charge in [-0.1, -0.05) is 11.6 Å². The zero-order valence-corrected chi connectivity index (χ0v) is 12.5. The minimum Gasteiger partial charge on any atom is -0.385 e. The normalized spacial score (nSPS) is 10.6. The first-order valence-electron chi connectivity index (χ1n) is 6.32. The van der Waals surface area contributed by atoms with Crippen LogP contribution in [0.1, 0.15) is 16.8 Å². The molecule has 0 aliphatic rings. The highest BCUT2D eigenvalue weighted by molar-refractivity contribution is 6.30. The molecule has 0 heterocycles. The Bertz CT molecular complexity index is 442. The third kappa shape index (κ3) is 5.07. The Labute approximate surface area is 123 Å². The molecule has 0 saturated carbocycles. The lowest BCUT2D eigenvalue weighted by molar-refractivity contribution is 0.0669. The molecular formula is C14H19ClFNO3. The zero-order chi connectivity index (χ0) is 15.0. The zero-order valence-electron chi connectivity index (χ0n) is 11.7. The molecule has 0 aromatic heterocycles. The number of hydrogen-bond donors (Lipinski definition) is 0. The van der Waals surface area contributed by atoms with Crippen LogP contribution in [-0.4, -0.2) is 51.3 Å². The number of ether oxygens (including phenoxy) is 2. The van der Waals surface area contributed by atoms with Crippen LogP contribution < -0.4 is 0 Å². The molecule has 6 heteroatoms. The lowest BCUT2D eigenvalue weighted by Gasteiger charge is -2.22. The van der Waals surface area contributed by atoms with Crippen molar-refractivity contribution in [2.75, 3.05) is 40.5 Å². The Morgan fingerprint density at radius 3 is 2.60 bits per heavy atom. The van der Waals surface area contributed by atoms with Gasteiger partial charge < -0.3 is 14.4 Å². The van der Waals surface area contributed by atoms with E-state index in [2.05, 4.69) is 0 Å². The van der Waals surface area contributed by atoms with Crippen molar-refractivity contribution < 1.29 is 18.7 Å². The molecular weight excluding hydrogens is 285 g/mol. The van der Waals surface area contributed by atoms with Crippen molar-refractivity contribution in [3.8, 4) is 0 Å². The van der Waals surface area contributed by atoms with Crippen molar-refractivity contribution >= 4 is 17.5 Å². The number of rotatable bonds is 8. The molecule has 0 atom stereocenters. The van der Waals surface area contributed by atoms with Crippen LogP contribution in [0.15, 0.2) is 18.2 Å². The summed E-state index contributed by atoms with van der Waals surface area (Å²) in [5.74, 6) is -0.966. The highest BCUT2D eigenvalue weighted by Crippen LogP contribution is 2.17. The summed E-state index contributed by atoms with van der Waals surface area (Å²) in [6.45, 7) is 1.79. The number of benzene rings is 1. The van der Waals surface area contributed by atoms with E-state index in [1.165, 1.54) is 23.1 Å². The van der Waals surface area contributed by atoms with Crippen LogP contribution in [0.4, 0.5) is 4.39 Å². The van der Waals surface area contributed by atoms with Gasteiger partial charge in [0, 0.05) is 38.9 Å². The maximum atomic E-state index is 13.7. The number of carbonyl (C=O) groups is 1. The van der Waals surface area contributed by atoms with Crippen molar-refractivity contribution in [1.82, 2.24) is 4.90 Å². The summed E-state index contributed by atoms with van der Waals surface area (Å²) in [5.41, 5.74) is -0.0222. The first kappa shape index (κ1) is 16.9. The smallest absolute Gasteiger partial charge is 0.256 e. The first-order valence-corrected chi connectivity index (χ1v) is 6.70. The molecule has 0 saturated heterocycles. The molecule has 1 aromatic rings. The summed E-state index contributed by atoms with van der Waals surface area (Å²) in [4.78, 5) is 13.9. The van der Waals surface area contributed by atoms with Crippen molar-refractivity contribution in [1.29, 1.82) is 0 Å². The minimum atomic E-state index is -0.575. The van der Waals surface area contributed by atoms with Crippen molar-refractivity contribution in [3.05, 3.63) is 34.6 Å². The fourth-order valence-corrected chi connectivity index (χ4v) is 1.92. The Kier molecular flexibility index (Phi) is 7.51. The molecule has 20 heavy (non-hydrogen) atoms. The van der Waals surface area contributed by atoms with E-state index in [0.717, 1.165) is 0 Å². The molecule has 0 fully saturated rings. The van der Waals surface area contributed by atoms with Crippen LogP contribution in [0.25, 0.3) is 0 Å². The van der Waals surface area contributed by atoms with E-state index in [9.17, 15) is 9.18 Å². The quantitative estimate of drug-likeness (QED) is 0.693. The van der Waals surface area contributed by atoms with E-state index in [-0.39, 0.29) is 5.56 Å². The Morgan fingerprint density at radius 1 is 1.25 bits per heavy atom. The molecule has 0 aliphatic carbocycles. The van der Waals surface area contributed by atoms with Crippen LogP contribution in [0.3, 0.4) is 0 Å². The van der Waals surface area contributed by atoms with Gasteiger partial charge in [0.15, 0.2) is 0 Å². The maximum absolute atomic E-state index is 13.7. The fraction of sp³-hybridized carbons (Fsp3) is 0.500. The predicted molar refractivity (Wildman–Crippen MR) is 75.7 cm³/mol. The van der Waals surface area contributed by atoms with E-state index in [0.29, 0.717) is 37.7 Å². The van der Waals surface area contributed by atoms with Gasteiger partial charge in [-0.05, 0) is 24.6 Å². The monoisotopic (exact) mass is 303 g/mol. The van der Waals surface area contributed by atoms with E-state index >= 15 is 0 Å². The standard InChI is InChI=1S/C14H19ClFNO3/c1-19-8-3-6-17(7-9-20-2)14(18)12-10-11(15)4-5-13(12)16/h4-5,10H,3,6-9H2,1-2H3. The van der Waals surface area contributed by atoms with Gasteiger partial charge in [-0.2, -0.15) is 0 Å². The second kappa shape index (κ2) is 8.89. The van der Waals surface area contributed by atoms with Crippen molar-refractivity contribution in [2.24, 2.45) is 0 Å². The average Bonchev–Trinajstić information content (AvgIpc) is 2.44. The highest BCUT2D eigenvalue weighted by Gasteiger charge is 2.19. The molecule has 1 amide bonds. The number of hydrogen-bond acceptors (Lipinski definition) is 3. The van der Waals surface area contributed by atoms with E-state index < -0.39 is 11.7 Å². The van der Waals surface area contributed by atoms with Crippen molar-refractivity contribution in [3.63, 3.8) is 0 Å². The third-order valence-corrected chi connectivity index (χ3v) is 3.02. The van der Waals surface area contributed by atoms with Gasteiger partial charge in [0.1, 0.15) is 5.82 Å². The number of amides is 1. The lowest BCUT2D eigenvalue weighted by atomic mass is 10.1. The second-order valence-corrected chi connectivity index (χ2v) is 4.69. The minimum absolute atomic E-state index is 0.0222. The van der Waals surface area contributed by atoms with Crippen LogP contribution >= 0.6 is 11.6 Å². The SMILES string of the molecule is COCCCN(CCOC)C(=O)c1cc(Cl)ccc1F. The molecule has 1 rings (SSSR count). The second-order valence-electron chi connectivity index (χ2n) is 4.26. The van der Waals surface area contributed by atoms with E-state index in [4.69, 9.17) is 21.1 Å². The maximum Gasteiger partial charge on any atom is 0.256 e. The summed E-state index contributed by atoms with van der Waals surface area (Å²) < 4.78 is 23.7. The summed E-state index contributed by atoms with van der Waals surface area (Å²) in [5, 5.41) is 0.332. The fourth-order valence-electron chi connectivity index (χ4n) is 1.75. The number of methoxy groups -OCH3 is 2. The third-order valence-electron chi connectivity index (χ3n) is 2.79. The van der Waals surface area contributed by atoms with Gasteiger partial charge in [0.25, 0.3) is 5.91 Å². The van der Waals surface area contributed by atoms with E-state index in [1.807, 2.05) is 0 Å². The lowest BCUT2D eigenvalue weighted by Crippen LogP contribution is -2.35. The van der Waals surface area contributed by atoms with Crippen LogP contribution in [0, 0.1) is 5.82 Å². The molecule has 0 aliphatic heterocycles. The topological polar surface area (TPSA) is 38.8 Å². The van der Waals surface area contributed by atoms with Gasteiger partial charge in [-0.15, -0.1) is 0 Å². The highest BCUT2D eigenvalue weighted by atomic mass is 35.5. The van der Waals surface area contributed by atoms with Crippen LogP contribution in [0.2, 0.25) is 5.02 Å². The van der Waals surface area contributed by atoms with E-state index in [1.54, 1.807) is 14.2 Å². The number of carbonyl (C=O) groups excluding carboxylic acids is 1. The number of halogens is 2. The average molecular weight is 304 g/mol. The van der Waals surface area contributed by atoms with Gasteiger partial charge in [-0.25, -0.2) is 4.39 Å². The molecule has 0 radical (unpaired) electrons. The first-order chi connectivity index (χ1) is 9.60. The summed E-state index contributed by atoms with van der Waals surface area (Å²) >= 11 is 5.81. The van der Waals surface area contributed by atoms with Gasteiger partial charge in [0.2, 0.25) is 0 Å². The molecule has 4 nitrogen and oxygen atoms in total. The Morgan fingerprint density at radius 2 is 1.95 bits per heavy atom. The summed E-state index contributed by atoms with van der Waals surface area (Å²) in [7, 11) is 3.15. The largest absolute Gasteiger partial charge is 0.385 e. The molecule has 1 aromatic carbocycles. The van der Waals surface area contributed by atoms with Crippen LogP contribution in [-0.2, 0) is 9.47 Å². The Hall–Kier alpha value is -1.17. The molecule has 112 valence electrons. The molecule has 0 bridgehead atoms. The summed E-state index contributed by atoms with van der Waals surface area (Å²) in [6.07, 6.45) is 0.675. The molecule has 0 spiro atoms. The van der Waals surface area contributed by atoms with Crippen molar-refractivity contribution in [2.45, 2.75) is 6.42 Å². The molecule has 0 N–H and O–H groups in total. The summed E-state index contributed by atoms with van der Waals surface area (Å²) in [6, 6.07) is 3.95.